The van der Waals surface area contributed by atoms with Gasteiger partial charge in [-0.3, -0.25) is 0 Å². The number of aliphatic hydroxyl groups excluding tert-OH is 1. The number of benzene rings is 1. The number of rotatable bonds is 3. The van der Waals surface area contributed by atoms with Gasteiger partial charge >= 0.3 is 0 Å². The highest BCUT2D eigenvalue weighted by Gasteiger charge is 2.39. The van der Waals surface area contributed by atoms with Gasteiger partial charge in [-0.05, 0) is 18.6 Å². The van der Waals surface area contributed by atoms with Crippen molar-refractivity contribution in [2.45, 2.75) is 18.9 Å². The van der Waals surface area contributed by atoms with E-state index in [-0.39, 0.29) is 23.7 Å². The largest absolute Gasteiger partial charge is 0.505 e. The van der Waals surface area contributed by atoms with Gasteiger partial charge in [-0.2, -0.15) is 0 Å². The van der Waals surface area contributed by atoms with Crippen molar-refractivity contribution < 1.29 is 19.0 Å². The predicted molar refractivity (Wildman–Crippen MR) is 63.5 cm³/mol. The van der Waals surface area contributed by atoms with Gasteiger partial charge in [-0.15, -0.1) is 12.4 Å². The first-order valence-corrected chi connectivity index (χ1v) is 4.63. The van der Waals surface area contributed by atoms with E-state index >= 15 is 0 Å². The molecule has 17 heavy (non-hydrogen) atoms. The molecule has 0 saturated heterocycles. The van der Waals surface area contributed by atoms with Crippen LogP contribution in [0.5, 0.6) is 5.75 Å². The third-order valence-electron chi connectivity index (χ3n) is 2.44. The lowest BCUT2D eigenvalue weighted by molar-refractivity contribution is -0.0717. The molecule has 0 heterocycles. The van der Waals surface area contributed by atoms with Crippen molar-refractivity contribution in [3.8, 4) is 5.75 Å². The number of hydrogen-bond donors (Lipinski definition) is 4. The molecule has 0 bridgehead atoms. The number of aromatic hydroxyl groups is 1. The predicted octanol–water partition coefficient (Wildman–Crippen LogP) is 1.33. The van der Waals surface area contributed by atoms with Crippen molar-refractivity contribution >= 4 is 18.1 Å². The number of nitrogen functional groups attached to an aromatic ring is 1. The fraction of sp³-hybridized carbons (Fsp3) is 0.400. The zero-order valence-electron chi connectivity index (χ0n) is 9.15. The van der Waals surface area contributed by atoms with E-state index in [0.717, 1.165) is 0 Å². The van der Waals surface area contributed by atoms with Crippen molar-refractivity contribution in [3.63, 3.8) is 0 Å². The Balaban J connectivity index is 0.00000256. The van der Waals surface area contributed by atoms with E-state index in [1.54, 1.807) is 0 Å². The summed E-state index contributed by atoms with van der Waals surface area (Å²) in [6.07, 6.45) is 0. The van der Waals surface area contributed by atoms with Gasteiger partial charge in [0.25, 0.3) is 5.92 Å². The number of alkyl halides is 2. The van der Waals surface area contributed by atoms with E-state index in [9.17, 15) is 13.9 Å². The summed E-state index contributed by atoms with van der Waals surface area (Å²) < 4.78 is 26.4. The third-order valence-corrected chi connectivity index (χ3v) is 2.44. The van der Waals surface area contributed by atoms with E-state index < -0.39 is 24.3 Å². The lowest BCUT2D eigenvalue weighted by atomic mass is 9.95. The van der Waals surface area contributed by atoms with Gasteiger partial charge in [0.05, 0.1) is 5.69 Å². The molecule has 0 fully saturated rings. The molecule has 1 aromatic carbocycles. The highest BCUT2D eigenvalue weighted by Crippen LogP contribution is 2.38. The summed E-state index contributed by atoms with van der Waals surface area (Å²) in [5, 5.41) is 18.1. The minimum Gasteiger partial charge on any atom is -0.505 e. The van der Waals surface area contributed by atoms with Crippen molar-refractivity contribution in [1.29, 1.82) is 0 Å². The van der Waals surface area contributed by atoms with Gasteiger partial charge in [0.15, 0.2) is 0 Å². The number of hydrogen-bond acceptors (Lipinski definition) is 4. The molecule has 1 rings (SSSR count). The number of anilines is 1. The molecule has 0 unspecified atom stereocenters. The molecule has 0 aliphatic carbocycles. The molecular formula is C10H15ClF2N2O2. The second-order valence-corrected chi connectivity index (χ2v) is 3.63. The van der Waals surface area contributed by atoms with Crippen LogP contribution >= 0.6 is 12.4 Å². The SMILES string of the molecule is Cc1ccc(N)c(O)c1[C@@H](N)C(F)(F)CO.Cl. The summed E-state index contributed by atoms with van der Waals surface area (Å²) in [6, 6.07) is 1.09. The molecule has 0 aliphatic heterocycles. The monoisotopic (exact) mass is 268 g/mol. The maximum absolute atomic E-state index is 13.2. The minimum absolute atomic E-state index is 0. The lowest BCUT2D eigenvalue weighted by Crippen LogP contribution is -2.36. The molecule has 6 N–H and O–H groups in total. The highest BCUT2D eigenvalue weighted by atomic mass is 35.5. The first-order valence-electron chi connectivity index (χ1n) is 4.63. The van der Waals surface area contributed by atoms with E-state index in [1.807, 2.05) is 0 Å². The van der Waals surface area contributed by atoms with Crippen molar-refractivity contribution in [3.05, 3.63) is 23.3 Å². The topological polar surface area (TPSA) is 92.5 Å². The fourth-order valence-electron chi connectivity index (χ4n) is 1.43. The lowest BCUT2D eigenvalue weighted by Gasteiger charge is -2.24. The standard InChI is InChI=1S/C10H14F2N2O2.ClH/c1-5-2-3-6(13)8(16)7(5)9(14)10(11,12)4-15;/h2-3,9,15-16H,4,13-14H2,1H3;1H/t9-;/m1./s1. The molecule has 1 aromatic rings. The first-order chi connectivity index (χ1) is 7.31. The van der Waals surface area contributed by atoms with E-state index in [4.69, 9.17) is 16.6 Å². The number of aliphatic hydroxyl groups is 1. The molecule has 0 amide bonds. The number of phenolic OH excluding ortho intramolecular Hbond substituents is 1. The zero-order valence-corrected chi connectivity index (χ0v) is 9.97. The first kappa shape index (κ1) is 15.9. The molecule has 4 nitrogen and oxygen atoms in total. The van der Waals surface area contributed by atoms with Crippen molar-refractivity contribution in [1.82, 2.24) is 0 Å². The van der Waals surface area contributed by atoms with Crippen LogP contribution in [0.25, 0.3) is 0 Å². The molecule has 1 atom stereocenters. The summed E-state index contributed by atoms with van der Waals surface area (Å²) in [5.74, 6) is -3.96. The maximum Gasteiger partial charge on any atom is 0.289 e. The van der Waals surface area contributed by atoms with E-state index in [2.05, 4.69) is 0 Å². The Kier molecular flexibility index (Phi) is 5.12. The Labute approximate surface area is 104 Å². The molecule has 0 spiro atoms. The fourth-order valence-corrected chi connectivity index (χ4v) is 1.43. The Morgan fingerprint density at radius 2 is 1.94 bits per heavy atom. The quantitative estimate of drug-likeness (QED) is 0.492. The number of halogens is 3. The van der Waals surface area contributed by atoms with Gasteiger partial charge < -0.3 is 21.7 Å². The second-order valence-electron chi connectivity index (χ2n) is 3.63. The third kappa shape index (κ3) is 2.96. The van der Waals surface area contributed by atoms with Crippen molar-refractivity contribution in [2.75, 3.05) is 12.3 Å². The zero-order chi connectivity index (χ0) is 12.5. The van der Waals surface area contributed by atoms with Crippen LogP contribution in [0.3, 0.4) is 0 Å². The summed E-state index contributed by atoms with van der Waals surface area (Å²) >= 11 is 0. The Morgan fingerprint density at radius 3 is 2.41 bits per heavy atom. The Hall–Kier alpha value is -1.11. The van der Waals surface area contributed by atoms with Crippen LogP contribution in [0, 0.1) is 6.92 Å². The van der Waals surface area contributed by atoms with Crippen LogP contribution in [0.4, 0.5) is 14.5 Å². The van der Waals surface area contributed by atoms with Crippen LogP contribution in [0.1, 0.15) is 17.2 Å². The van der Waals surface area contributed by atoms with Crippen LogP contribution in [-0.4, -0.2) is 22.7 Å². The molecule has 7 heteroatoms. The minimum atomic E-state index is -3.50. The Morgan fingerprint density at radius 1 is 1.41 bits per heavy atom. The van der Waals surface area contributed by atoms with Gasteiger partial charge in [0, 0.05) is 5.56 Å². The molecule has 0 radical (unpaired) electrons. The van der Waals surface area contributed by atoms with Crippen LogP contribution in [0.15, 0.2) is 12.1 Å². The van der Waals surface area contributed by atoms with E-state index in [0.29, 0.717) is 5.56 Å². The van der Waals surface area contributed by atoms with Crippen LogP contribution < -0.4 is 11.5 Å². The van der Waals surface area contributed by atoms with Gasteiger partial charge in [0.2, 0.25) is 0 Å². The average Bonchev–Trinajstić information content (AvgIpc) is 2.24. The summed E-state index contributed by atoms with van der Waals surface area (Å²) in [7, 11) is 0. The molecule has 0 aromatic heterocycles. The smallest absolute Gasteiger partial charge is 0.289 e. The van der Waals surface area contributed by atoms with Gasteiger partial charge in [0.1, 0.15) is 18.4 Å². The molecule has 98 valence electrons. The summed E-state index contributed by atoms with van der Waals surface area (Å²) in [5.41, 5.74) is 11.0. The maximum atomic E-state index is 13.2. The molecular weight excluding hydrogens is 254 g/mol. The number of phenols is 1. The number of nitrogens with two attached hydrogens (primary N) is 2. The summed E-state index contributed by atoms with van der Waals surface area (Å²) in [4.78, 5) is 0. The highest BCUT2D eigenvalue weighted by molar-refractivity contribution is 5.85. The van der Waals surface area contributed by atoms with Crippen LogP contribution in [-0.2, 0) is 0 Å². The normalized spacial score (nSPS) is 13.0. The summed E-state index contributed by atoms with van der Waals surface area (Å²) in [6.45, 7) is 0.143. The van der Waals surface area contributed by atoms with E-state index in [1.165, 1.54) is 19.1 Å². The van der Waals surface area contributed by atoms with Crippen LogP contribution in [0.2, 0.25) is 0 Å². The van der Waals surface area contributed by atoms with Gasteiger partial charge in [-0.1, -0.05) is 6.07 Å². The Bertz CT molecular complexity index is 402. The molecule has 0 saturated carbocycles. The average molecular weight is 269 g/mol. The van der Waals surface area contributed by atoms with Gasteiger partial charge in [-0.25, -0.2) is 8.78 Å². The number of aryl methyl sites for hydroxylation is 1. The second kappa shape index (κ2) is 5.48. The molecule has 0 aliphatic rings. The van der Waals surface area contributed by atoms with Crippen molar-refractivity contribution in [2.24, 2.45) is 5.73 Å².